The quantitative estimate of drug-likeness (QED) is 0.899. The Balaban J connectivity index is 1.78. The van der Waals surface area contributed by atoms with Gasteiger partial charge in [-0.3, -0.25) is 9.67 Å². The van der Waals surface area contributed by atoms with E-state index in [1.54, 1.807) is 0 Å². The molecule has 0 unspecified atom stereocenters. The fourth-order valence-corrected chi connectivity index (χ4v) is 2.43. The van der Waals surface area contributed by atoms with Gasteiger partial charge in [-0.05, 0) is 43.4 Å². The average molecular weight is 243 g/mol. The van der Waals surface area contributed by atoms with E-state index in [0.29, 0.717) is 18.6 Å². The van der Waals surface area contributed by atoms with Crippen LogP contribution in [0.25, 0.3) is 11.3 Å². The van der Waals surface area contributed by atoms with Crippen molar-refractivity contribution in [2.75, 3.05) is 6.61 Å². The lowest BCUT2D eigenvalue weighted by molar-refractivity contribution is 0.105. The van der Waals surface area contributed by atoms with Crippen LogP contribution in [0.1, 0.15) is 24.4 Å². The molecule has 1 fully saturated rings. The van der Waals surface area contributed by atoms with Gasteiger partial charge in [0.15, 0.2) is 0 Å². The molecule has 0 aromatic carbocycles. The zero-order valence-electron chi connectivity index (χ0n) is 10.5. The van der Waals surface area contributed by atoms with Crippen molar-refractivity contribution >= 4 is 0 Å². The molecule has 2 aromatic heterocycles. The molecule has 0 atom stereocenters. The first-order chi connectivity index (χ1) is 8.76. The summed E-state index contributed by atoms with van der Waals surface area (Å²) in [5.41, 5.74) is 3.24. The van der Waals surface area contributed by atoms with Gasteiger partial charge in [0, 0.05) is 24.6 Å². The predicted molar refractivity (Wildman–Crippen MR) is 69.0 cm³/mol. The molecule has 1 N–H and O–H groups in total. The van der Waals surface area contributed by atoms with Gasteiger partial charge in [-0.25, -0.2) is 0 Å². The molecule has 1 saturated carbocycles. The minimum absolute atomic E-state index is 0.296. The zero-order chi connectivity index (χ0) is 12.5. The van der Waals surface area contributed by atoms with E-state index < -0.39 is 0 Å². The number of nitrogens with zero attached hydrogens (tertiary/aromatic N) is 3. The lowest BCUT2D eigenvalue weighted by atomic mass is 9.81. The highest BCUT2D eigenvalue weighted by atomic mass is 16.3. The van der Waals surface area contributed by atoms with Crippen LogP contribution in [0.4, 0.5) is 0 Å². The van der Waals surface area contributed by atoms with E-state index in [2.05, 4.69) is 29.3 Å². The standard InChI is InChI=1S/C14H17N3O/c1-10-2-3-15-14(4-10)12-7-16-17(8-12)13-5-11(6-13)9-18/h2-4,7-8,11,13,18H,5-6,9H2,1H3. The third-order valence-corrected chi connectivity index (χ3v) is 3.66. The van der Waals surface area contributed by atoms with Gasteiger partial charge in [0.2, 0.25) is 0 Å². The number of pyridine rings is 1. The smallest absolute Gasteiger partial charge is 0.0736 e. The number of aryl methyl sites for hydroxylation is 1. The van der Waals surface area contributed by atoms with Crippen molar-refractivity contribution in [3.63, 3.8) is 0 Å². The SMILES string of the molecule is Cc1ccnc(-c2cnn(C3CC(CO)C3)c2)c1. The Labute approximate surface area is 106 Å². The number of aromatic nitrogens is 3. The number of aliphatic hydroxyl groups is 1. The Kier molecular flexibility index (Phi) is 2.88. The molecule has 18 heavy (non-hydrogen) atoms. The third kappa shape index (κ3) is 2.04. The minimum atomic E-state index is 0.296. The van der Waals surface area contributed by atoms with Gasteiger partial charge in [-0.2, -0.15) is 5.10 Å². The molecule has 0 bridgehead atoms. The van der Waals surface area contributed by atoms with Crippen molar-refractivity contribution in [3.8, 4) is 11.3 Å². The molecule has 0 amide bonds. The highest BCUT2D eigenvalue weighted by molar-refractivity contribution is 5.57. The van der Waals surface area contributed by atoms with E-state index in [0.717, 1.165) is 24.1 Å². The topological polar surface area (TPSA) is 50.9 Å². The Hall–Kier alpha value is -1.68. The van der Waals surface area contributed by atoms with Crippen molar-refractivity contribution in [2.45, 2.75) is 25.8 Å². The van der Waals surface area contributed by atoms with Gasteiger partial charge in [0.25, 0.3) is 0 Å². The van der Waals surface area contributed by atoms with Crippen molar-refractivity contribution < 1.29 is 5.11 Å². The van der Waals surface area contributed by atoms with Gasteiger partial charge in [-0.15, -0.1) is 0 Å². The molecule has 0 radical (unpaired) electrons. The molecule has 2 aromatic rings. The maximum absolute atomic E-state index is 9.02. The van der Waals surface area contributed by atoms with E-state index in [9.17, 15) is 0 Å². The number of hydrogen-bond acceptors (Lipinski definition) is 3. The summed E-state index contributed by atoms with van der Waals surface area (Å²) in [6.45, 7) is 2.36. The Morgan fingerprint density at radius 2 is 2.28 bits per heavy atom. The van der Waals surface area contributed by atoms with Gasteiger partial charge in [-0.1, -0.05) is 0 Å². The van der Waals surface area contributed by atoms with Crippen LogP contribution < -0.4 is 0 Å². The highest BCUT2D eigenvalue weighted by Gasteiger charge is 2.30. The Bertz CT molecular complexity index is 543. The summed E-state index contributed by atoms with van der Waals surface area (Å²) in [4.78, 5) is 4.36. The lowest BCUT2D eigenvalue weighted by Gasteiger charge is -2.33. The van der Waals surface area contributed by atoms with E-state index >= 15 is 0 Å². The third-order valence-electron chi connectivity index (χ3n) is 3.66. The molecule has 4 nitrogen and oxygen atoms in total. The second-order valence-corrected chi connectivity index (χ2v) is 5.10. The van der Waals surface area contributed by atoms with E-state index in [-0.39, 0.29) is 0 Å². The molecule has 2 heterocycles. The molecule has 0 saturated heterocycles. The first kappa shape index (κ1) is 11.4. The molecule has 94 valence electrons. The Morgan fingerprint density at radius 1 is 1.44 bits per heavy atom. The van der Waals surface area contributed by atoms with Crippen molar-refractivity contribution in [1.82, 2.24) is 14.8 Å². The Morgan fingerprint density at radius 3 is 3.00 bits per heavy atom. The van der Waals surface area contributed by atoms with Crippen molar-refractivity contribution in [3.05, 3.63) is 36.3 Å². The van der Waals surface area contributed by atoms with Gasteiger partial charge < -0.3 is 5.11 Å². The van der Waals surface area contributed by atoms with E-state index in [1.165, 1.54) is 5.56 Å². The van der Waals surface area contributed by atoms with Crippen LogP contribution in [-0.4, -0.2) is 26.5 Å². The van der Waals surface area contributed by atoms with Crippen LogP contribution in [0.3, 0.4) is 0 Å². The average Bonchev–Trinajstić information content (AvgIpc) is 2.77. The second kappa shape index (κ2) is 4.53. The normalized spacial score (nSPS) is 22.8. The van der Waals surface area contributed by atoms with E-state index in [1.807, 2.05) is 23.1 Å². The van der Waals surface area contributed by atoms with Crippen molar-refractivity contribution in [1.29, 1.82) is 0 Å². The summed E-state index contributed by atoms with van der Waals surface area (Å²) in [6, 6.07) is 4.50. The fourth-order valence-electron chi connectivity index (χ4n) is 2.43. The summed E-state index contributed by atoms with van der Waals surface area (Å²) in [7, 11) is 0. The van der Waals surface area contributed by atoms with Crippen LogP contribution in [0, 0.1) is 12.8 Å². The van der Waals surface area contributed by atoms with Gasteiger partial charge in [0.05, 0.1) is 17.9 Å². The molecular weight excluding hydrogens is 226 g/mol. The summed E-state index contributed by atoms with van der Waals surface area (Å²) in [5, 5.41) is 13.4. The maximum Gasteiger partial charge on any atom is 0.0736 e. The van der Waals surface area contributed by atoms with Crippen LogP contribution in [0.15, 0.2) is 30.7 Å². The van der Waals surface area contributed by atoms with Crippen LogP contribution >= 0.6 is 0 Å². The van der Waals surface area contributed by atoms with Crippen LogP contribution in [0.5, 0.6) is 0 Å². The van der Waals surface area contributed by atoms with Gasteiger partial charge in [0.1, 0.15) is 0 Å². The first-order valence-electron chi connectivity index (χ1n) is 6.34. The minimum Gasteiger partial charge on any atom is -0.396 e. The van der Waals surface area contributed by atoms with Crippen LogP contribution in [-0.2, 0) is 0 Å². The summed E-state index contributed by atoms with van der Waals surface area (Å²) in [5.74, 6) is 0.458. The zero-order valence-corrected chi connectivity index (χ0v) is 10.5. The summed E-state index contributed by atoms with van der Waals surface area (Å²) < 4.78 is 2.01. The summed E-state index contributed by atoms with van der Waals surface area (Å²) >= 11 is 0. The highest BCUT2D eigenvalue weighted by Crippen LogP contribution is 2.37. The van der Waals surface area contributed by atoms with Gasteiger partial charge >= 0.3 is 0 Å². The number of rotatable bonds is 3. The molecule has 3 rings (SSSR count). The second-order valence-electron chi connectivity index (χ2n) is 5.10. The first-order valence-corrected chi connectivity index (χ1v) is 6.34. The largest absolute Gasteiger partial charge is 0.396 e. The molecule has 1 aliphatic carbocycles. The monoisotopic (exact) mass is 243 g/mol. The maximum atomic E-state index is 9.02. The van der Waals surface area contributed by atoms with E-state index in [4.69, 9.17) is 5.11 Å². The summed E-state index contributed by atoms with van der Waals surface area (Å²) in [6.07, 6.45) is 7.80. The molecular formula is C14H17N3O. The van der Waals surface area contributed by atoms with Crippen molar-refractivity contribution in [2.24, 2.45) is 5.92 Å². The number of aliphatic hydroxyl groups excluding tert-OH is 1. The fraction of sp³-hybridized carbons (Fsp3) is 0.429. The predicted octanol–water partition coefficient (Wildman–Crippen LogP) is 2.20. The van der Waals surface area contributed by atoms with Crippen LogP contribution in [0.2, 0.25) is 0 Å². The molecule has 0 spiro atoms. The number of hydrogen-bond donors (Lipinski definition) is 1. The molecule has 4 heteroatoms. The molecule has 1 aliphatic rings. The lowest BCUT2D eigenvalue weighted by Crippen LogP contribution is -2.29. The molecule has 0 aliphatic heterocycles.